The molecule has 0 atom stereocenters. The Bertz CT molecular complexity index is 789. The average Bonchev–Trinajstić information content (AvgIpc) is 3.00. The molecule has 0 unspecified atom stereocenters. The first-order valence-electron chi connectivity index (χ1n) is 7.24. The van der Waals surface area contributed by atoms with E-state index in [1.807, 2.05) is 39.1 Å². The predicted molar refractivity (Wildman–Crippen MR) is 91.2 cm³/mol. The molecule has 1 N–H and O–H groups in total. The third-order valence-electron chi connectivity index (χ3n) is 2.88. The van der Waals surface area contributed by atoms with Crippen molar-refractivity contribution in [3.05, 3.63) is 41.8 Å². The van der Waals surface area contributed by atoms with Crippen LogP contribution in [0.15, 0.2) is 36.1 Å². The molecule has 3 aromatic heterocycles. The third kappa shape index (κ3) is 4.01. The van der Waals surface area contributed by atoms with Gasteiger partial charge in [-0.3, -0.25) is 9.97 Å². The summed E-state index contributed by atoms with van der Waals surface area (Å²) in [6, 6.07) is 5.65. The van der Waals surface area contributed by atoms with Crippen LogP contribution in [0.25, 0.3) is 10.6 Å². The van der Waals surface area contributed by atoms with E-state index in [-0.39, 0.29) is 6.10 Å². The van der Waals surface area contributed by atoms with Crippen LogP contribution >= 0.6 is 11.3 Å². The van der Waals surface area contributed by atoms with E-state index < -0.39 is 0 Å². The molecule has 3 aromatic rings. The van der Waals surface area contributed by atoms with Gasteiger partial charge in [0, 0.05) is 29.8 Å². The van der Waals surface area contributed by atoms with Crippen molar-refractivity contribution in [2.24, 2.45) is 0 Å². The second-order valence-electron chi connectivity index (χ2n) is 5.26. The molecule has 3 rings (SSSR count). The van der Waals surface area contributed by atoms with Gasteiger partial charge in [-0.05, 0) is 32.9 Å². The number of aromatic nitrogens is 4. The van der Waals surface area contributed by atoms with Gasteiger partial charge in [0.25, 0.3) is 0 Å². The lowest BCUT2D eigenvalue weighted by molar-refractivity contribution is 0.232. The molecule has 0 aliphatic carbocycles. The third-order valence-corrected chi connectivity index (χ3v) is 3.68. The average molecular weight is 327 g/mol. The van der Waals surface area contributed by atoms with Gasteiger partial charge < -0.3 is 10.1 Å². The maximum absolute atomic E-state index is 5.59. The first kappa shape index (κ1) is 15.4. The fourth-order valence-corrected chi connectivity index (χ4v) is 2.63. The van der Waals surface area contributed by atoms with Gasteiger partial charge in [0.2, 0.25) is 11.8 Å². The summed E-state index contributed by atoms with van der Waals surface area (Å²) in [5, 5.41) is 3.20. The van der Waals surface area contributed by atoms with Crippen molar-refractivity contribution in [3.8, 4) is 16.5 Å². The standard InChI is InChI=1S/C16H17N5OS/c1-10(2)22-15-4-5-18-16(21-15)20-12-6-11(3)19-13(7-12)14-8-17-9-23-14/h4-10H,1-3H3,(H,18,19,20,21). The van der Waals surface area contributed by atoms with Gasteiger partial charge in [0.05, 0.1) is 22.2 Å². The largest absolute Gasteiger partial charge is 0.475 e. The number of pyridine rings is 1. The summed E-state index contributed by atoms with van der Waals surface area (Å²) in [5.41, 5.74) is 4.46. The van der Waals surface area contributed by atoms with Crippen molar-refractivity contribution in [2.45, 2.75) is 26.9 Å². The Hall–Kier alpha value is -2.54. The van der Waals surface area contributed by atoms with E-state index in [1.165, 1.54) is 0 Å². The minimum atomic E-state index is 0.0684. The van der Waals surface area contributed by atoms with Crippen LogP contribution in [0.4, 0.5) is 11.6 Å². The number of aryl methyl sites for hydroxylation is 1. The maximum atomic E-state index is 5.59. The number of rotatable bonds is 5. The van der Waals surface area contributed by atoms with Crippen LogP contribution in [0, 0.1) is 6.92 Å². The van der Waals surface area contributed by atoms with Crippen LogP contribution < -0.4 is 10.1 Å². The Morgan fingerprint density at radius 3 is 2.83 bits per heavy atom. The normalized spacial score (nSPS) is 10.8. The Kier molecular flexibility index (Phi) is 4.47. The van der Waals surface area contributed by atoms with Crippen molar-refractivity contribution in [3.63, 3.8) is 0 Å². The molecule has 0 radical (unpaired) electrons. The first-order chi connectivity index (χ1) is 11.1. The topological polar surface area (TPSA) is 72.8 Å². The molecule has 0 amide bonds. The van der Waals surface area contributed by atoms with E-state index in [4.69, 9.17) is 4.74 Å². The summed E-state index contributed by atoms with van der Waals surface area (Å²) in [6.45, 7) is 5.88. The molecule has 0 saturated carbocycles. The zero-order valence-corrected chi connectivity index (χ0v) is 14.0. The van der Waals surface area contributed by atoms with Crippen LogP contribution in [-0.2, 0) is 0 Å². The smallest absolute Gasteiger partial charge is 0.230 e. The van der Waals surface area contributed by atoms with Gasteiger partial charge in [-0.25, -0.2) is 4.98 Å². The molecular formula is C16H17N5OS. The van der Waals surface area contributed by atoms with E-state index in [1.54, 1.807) is 29.1 Å². The highest BCUT2D eigenvalue weighted by Crippen LogP contribution is 2.26. The van der Waals surface area contributed by atoms with Crippen LogP contribution in [0.2, 0.25) is 0 Å². The fourth-order valence-electron chi connectivity index (χ4n) is 2.05. The van der Waals surface area contributed by atoms with Crippen molar-refractivity contribution in [1.82, 2.24) is 19.9 Å². The quantitative estimate of drug-likeness (QED) is 0.767. The van der Waals surface area contributed by atoms with E-state index in [0.717, 1.165) is 22.0 Å². The molecular weight excluding hydrogens is 310 g/mol. The highest BCUT2D eigenvalue weighted by Gasteiger charge is 2.07. The summed E-state index contributed by atoms with van der Waals surface area (Å²) in [6.07, 6.45) is 3.55. The van der Waals surface area contributed by atoms with Crippen LogP contribution in [0.3, 0.4) is 0 Å². The van der Waals surface area contributed by atoms with Crippen molar-refractivity contribution >= 4 is 23.0 Å². The second-order valence-corrected chi connectivity index (χ2v) is 6.14. The first-order valence-corrected chi connectivity index (χ1v) is 8.12. The molecule has 23 heavy (non-hydrogen) atoms. The molecule has 3 heterocycles. The Morgan fingerprint density at radius 2 is 2.09 bits per heavy atom. The van der Waals surface area contributed by atoms with Gasteiger partial charge in [-0.15, -0.1) is 11.3 Å². The predicted octanol–water partition coefficient (Wildman–Crippen LogP) is 3.83. The molecule has 0 saturated heterocycles. The van der Waals surface area contributed by atoms with E-state index in [9.17, 15) is 0 Å². The number of thiazole rings is 1. The maximum Gasteiger partial charge on any atom is 0.230 e. The lowest BCUT2D eigenvalue weighted by atomic mass is 10.2. The fraction of sp³-hybridized carbons (Fsp3) is 0.250. The monoisotopic (exact) mass is 327 g/mol. The summed E-state index contributed by atoms with van der Waals surface area (Å²) in [7, 11) is 0. The number of hydrogen-bond acceptors (Lipinski definition) is 7. The molecule has 0 aliphatic rings. The minimum Gasteiger partial charge on any atom is -0.475 e. The molecule has 0 fully saturated rings. The van der Waals surface area contributed by atoms with Gasteiger partial charge in [-0.2, -0.15) is 4.98 Å². The van der Waals surface area contributed by atoms with Crippen molar-refractivity contribution < 1.29 is 4.74 Å². The molecule has 0 aliphatic heterocycles. The van der Waals surface area contributed by atoms with E-state index in [2.05, 4.69) is 25.3 Å². The molecule has 6 nitrogen and oxygen atoms in total. The van der Waals surface area contributed by atoms with Gasteiger partial charge in [0.1, 0.15) is 0 Å². The highest BCUT2D eigenvalue weighted by molar-refractivity contribution is 7.13. The zero-order valence-electron chi connectivity index (χ0n) is 13.1. The lowest BCUT2D eigenvalue weighted by Crippen LogP contribution is -2.08. The number of nitrogens with one attached hydrogen (secondary N) is 1. The molecule has 7 heteroatoms. The van der Waals surface area contributed by atoms with Crippen LogP contribution in [-0.4, -0.2) is 26.0 Å². The minimum absolute atomic E-state index is 0.0684. The molecule has 0 aromatic carbocycles. The molecule has 118 valence electrons. The zero-order chi connectivity index (χ0) is 16.2. The summed E-state index contributed by atoms with van der Waals surface area (Å²) in [4.78, 5) is 18.2. The SMILES string of the molecule is Cc1cc(Nc2nccc(OC(C)C)n2)cc(-c2cncs2)n1. The van der Waals surface area contributed by atoms with Gasteiger partial charge in [-0.1, -0.05) is 0 Å². The Labute approximate surface area is 138 Å². The van der Waals surface area contributed by atoms with Gasteiger partial charge in [0.15, 0.2) is 0 Å². The van der Waals surface area contributed by atoms with Gasteiger partial charge >= 0.3 is 0 Å². The number of nitrogens with zero attached hydrogens (tertiary/aromatic N) is 4. The molecule has 0 spiro atoms. The molecule has 0 bridgehead atoms. The van der Waals surface area contributed by atoms with Crippen LogP contribution in [0.5, 0.6) is 5.88 Å². The second kappa shape index (κ2) is 6.70. The summed E-state index contributed by atoms with van der Waals surface area (Å²) >= 11 is 1.56. The Morgan fingerprint density at radius 1 is 1.22 bits per heavy atom. The number of anilines is 2. The highest BCUT2D eigenvalue weighted by atomic mass is 32.1. The Balaban J connectivity index is 1.85. The van der Waals surface area contributed by atoms with E-state index >= 15 is 0 Å². The summed E-state index contributed by atoms with van der Waals surface area (Å²) in [5.74, 6) is 1.04. The lowest BCUT2D eigenvalue weighted by Gasteiger charge is -2.11. The van der Waals surface area contributed by atoms with Crippen LogP contribution in [0.1, 0.15) is 19.5 Å². The van der Waals surface area contributed by atoms with Crippen molar-refractivity contribution in [2.75, 3.05) is 5.32 Å². The van der Waals surface area contributed by atoms with Crippen molar-refractivity contribution in [1.29, 1.82) is 0 Å². The van der Waals surface area contributed by atoms with E-state index in [0.29, 0.717) is 11.8 Å². The number of hydrogen-bond donors (Lipinski definition) is 1. The number of ether oxygens (including phenoxy) is 1. The summed E-state index contributed by atoms with van der Waals surface area (Å²) < 4.78 is 5.59.